The number of quaternary nitrogens is 1. The first-order valence-corrected chi connectivity index (χ1v) is 13.0. The lowest BCUT2D eigenvalue weighted by molar-refractivity contribution is -0.880. The van der Waals surface area contributed by atoms with Crippen molar-refractivity contribution in [3.8, 4) is 12.3 Å². The summed E-state index contributed by atoms with van der Waals surface area (Å²) in [5.41, 5.74) is 4.01. The van der Waals surface area contributed by atoms with Crippen LogP contribution in [0, 0.1) is 22.5 Å². The summed E-state index contributed by atoms with van der Waals surface area (Å²) in [6, 6.07) is 7.05. The second-order valence-corrected chi connectivity index (χ2v) is 10.5. The van der Waals surface area contributed by atoms with E-state index < -0.39 is 4.92 Å². The van der Waals surface area contributed by atoms with Gasteiger partial charge in [0.1, 0.15) is 24.4 Å². The topological polar surface area (TPSA) is 123 Å². The number of pyridine rings is 1. The number of anilines is 2. The Bertz CT molecular complexity index is 1620. The molecule has 11 heteroatoms. The van der Waals surface area contributed by atoms with Gasteiger partial charge in [-0.25, -0.2) is 9.97 Å². The molecular weight excluding hydrogens is 530 g/mol. The molecule has 204 valence electrons. The van der Waals surface area contributed by atoms with Crippen LogP contribution in [0.3, 0.4) is 0 Å². The molecule has 0 aliphatic carbocycles. The van der Waals surface area contributed by atoms with Crippen LogP contribution in [0.1, 0.15) is 31.0 Å². The van der Waals surface area contributed by atoms with Crippen LogP contribution in [0.15, 0.2) is 65.3 Å². The van der Waals surface area contributed by atoms with Gasteiger partial charge in [0.05, 0.1) is 49.4 Å². The summed E-state index contributed by atoms with van der Waals surface area (Å²) >= 11 is 6.12. The minimum atomic E-state index is -0.413. The maximum atomic E-state index is 12.8. The molecule has 0 bridgehead atoms. The number of rotatable bonds is 11. The smallest absolute Gasteiger partial charge is 0.358 e. The van der Waals surface area contributed by atoms with Crippen molar-refractivity contribution in [2.75, 3.05) is 32.5 Å². The van der Waals surface area contributed by atoms with Crippen molar-refractivity contribution in [1.29, 1.82) is 0 Å². The van der Waals surface area contributed by atoms with Crippen molar-refractivity contribution >= 4 is 45.5 Å². The average molecular weight is 559 g/mol. The lowest BCUT2D eigenvalue weighted by Gasteiger charge is -2.28. The van der Waals surface area contributed by atoms with Gasteiger partial charge in [-0.1, -0.05) is 24.4 Å². The third-order valence-corrected chi connectivity index (χ3v) is 6.75. The zero-order chi connectivity index (χ0) is 28.9. The van der Waals surface area contributed by atoms with Crippen LogP contribution < -0.4 is 5.32 Å². The predicted octanol–water partition coefficient (Wildman–Crippen LogP) is 4.89. The molecule has 2 aromatic heterocycles. The summed E-state index contributed by atoms with van der Waals surface area (Å²) in [6.07, 6.45) is 13.2. The molecule has 0 spiro atoms. The zero-order valence-electron chi connectivity index (χ0n) is 22.5. The normalized spacial score (nSPS) is 13.5. The van der Waals surface area contributed by atoms with E-state index >= 15 is 0 Å². The molecule has 0 atom stereocenters. The van der Waals surface area contributed by atoms with E-state index in [2.05, 4.69) is 31.2 Å². The Labute approximate surface area is 237 Å². The number of hydrogen-bond acceptors (Lipinski definition) is 8. The predicted molar refractivity (Wildman–Crippen MR) is 156 cm³/mol. The van der Waals surface area contributed by atoms with Crippen LogP contribution in [0.2, 0.25) is 5.02 Å². The SMILES string of the molecule is C#Cc1cc(Nc2ncnc3cnc(CC(=O)/C=C/C[N+](C)(C)CC4=C([N+](=O)[O-])N=C(CC)C4)cc23)ccc1Cl. The van der Waals surface area contributed by atoms with Gasteiger partial charge < -0.3 is 19.9 Å². The molecule has 1 aliphatic rings. The Morgan fingerprint density at radius 1 is 1.27 bits per heavy atom. The van der Waals surface area contributed by atoms with Gasteiger partial charge >= 0.3 is 5.82 Å². The molecule has 0 radical (unpaired) electrons. The molecule has 3 aromatic rings. The molecular formula is C29H29ClN7O3+. The molecule has 0 amide bonds. The molecule has 0 saturated heterocycles. The molecule has 40 heavy (non-hydrogen) atoms. The Kier molecular flexibility index (Phi) is 8.67. The number of nitrogens with zero attached hydrogens (tertiary/aromatic N) is 6. The van der Waals surface area contributed by atoms with E-state index in [1.54, 1.807) is 36.5 Å². The van der Waals surface area contributed by atoms with E-state index in [0.29, 0.717) is 74.7 Å². The van der Waals surface area contributed by atoms with Gasteiger partial charge in [-0.2, -0.15) is 0 Å². The number of ketones is 1. The number of nitro groups is 1. The van der Waals surface area contributed by atoms with E-state index in [0.717, 1.165) is 5.71 Å². The van der Waals surface area contributed by atoms with Crippen molar-refractivity contribution in [3.63, 3.8) is 0 Å². The number of carbonyl (C=O) groups excluding carboxylic acids is 1. The van der Waals surface area contributed by atoms with Crippen molar-refractivity contribution in [2.45, 2.75) is 26.2 Å². The fraction of sp³-hybridized carbons (Fsp3) is 0.276. The first-order valence-electron chi connectivity index (χ1n) is 12.7. The summed E-state index contributed by atoms with van der Waals surface area (Å²) in [6.45, 7) is 2.94. The fourth-order valence-electron chi connectivity index (χ4n) is 4.43. The third kappa shape index (κ3) is 6.94. The summed E-state index contributed by atoms with van der Waals surface area (Å²) in [5, 5.41) is 15.8. The molecule has 0 fully saturated rings. The minimum Gasteiger partial charge on any atom is -0.358 e. The molecule has 4 rings (SSSR count). The van der Waals surface area contributed by atoms with Crippen LogP contribution in [-0.2, 0) is 11.2 Å². The second kappa shape index (κ2) is 12.2. The molecule has 0 saturated carbocycles. The Morgan fingerprint density at radius 2 is 2.08 bits per heavy atom. The number of terminal acetylenes is 1. The number of aromatic nitrogens is 3. The molecule has 10 nitrogen and oxygen atoms in total. The minimum absolute atomic E-state index is 0.0455. The van der Waals surface area contributed by atoms with Gasteiger partial charge in [-0.15, -0.1) is 6.42 Å². The average Bonchev–Trinajstić information content (AvgIpc) is 3.32. The number of benzene rings is 1. The van der Waals surface area contributed by atoms with Gasteiger partial charge in [0.15, 0.2) is 5.78 Å². The highest BCUT2D eigenvalue weighted by molar-refractivity contribution is 6.31. The Morgan fingerprint density at radius 3 is 2.80 bits per heavy atom. The largest absolute Gasteiger partial charge is 0.368 e. The van der Waals surface area contributed by atoms with Crippen molar-refractivity contribution in [2.24, 2.45) is 4.99 Å². The molecule has 1 aromatic carbocycles. The number of aliphatic imine (C=N–C) groups is 1. The van der Waals surface area contributed by atoms with Crippen molar-refractivity contribution in [1.82, 2.24) is 15.0 Å². The van der Waals surface area contributed by atoms with Crippen LogP contribution in [0.4, 0.5) is 11.5 Å². The van der Waals surface area contributed by atoms with Gasteiger partial charge in [-0.3, -0.25) is 9.78 Å². The maximum Gasteiger partial charge on any atom is 0.368 e. The number of nitrogens with one attached hydrogen (secondary N) is 1. The summed E-state index contributed by atoms with van der Waals surface area (Å²) in [5.74, 6) is 2.94. The van der Waals surface area contributed by atoms with Crippen LogP contribution in [0.25, 0.3) is 10.9 Å². The monoisotopic (exact) mass is 558 g/mol. The van der Waals surface area contributed by atoms with E-state index in [1.807, 2.05) is 21.0 Å². The van der Waals surface area contributed by atoms with Crippen LogP contribution in [-0.4, -0.2) is 63.0 Å². The first-order chi connectivity index (χ1) is 19.1. The summed E-state index contributed by atoms with van der Waals surface area (Å²) in [7, 11) is 3.94. The lowest BCUT2D eigenvalue weighted by atomic mass is 10.1. The lowest BCUT2D eigenvalue weighted by Crippen LogP contribution is -2.41. The molecule has 1 aliphatic heterocycles. The highest BCUT2D eigenvalue weighted by Gasteiger charge is 2.32. The number of carbonyl (C=O) groups is 1. The zero-order valence-corrected chi connectivity index (χ0v) is 23.3. The van der Waals surface area contributed by atoms with Gasteiger partial charge in [0, 0.05) is 35.2 Å². The van der Waals surface area contributed by atoms with E-state index in [1.165, 1.54) is 12.4 Å². The molecule has 1 N–H and O–H groups in total. The Balaban J connectivity index is 1.42. The molecule has 0 unspecified atom stereocenters. The number of halogens is 1. The fourth-order valence-corrected chi connectivity index (χ4v) is 4.60. The first kappa shape index (κ1) is 28.5. The van der Waals surface area contributed by atoms with E-state index in [-0.39, 0.29) is 18.0 Å². The van der Waals surface area contributed by atoms with E-state index in [9.17, 15) is 14.9 Å². The van der Waals surface area contributed by atoms with Gasteiger partial charge in [0.2, 0.25) is 0 Å². The standard InChI is InChI=1S/C29H29ClN7O3/c1-5-19-12-22(9-10-26(19)30)34-28-25-15-23(31-16-27(25)32-18-33-28)14-24(38)8-7-11-37(3,4)17-20-13-21(6-2)35-29(20)36(39)40/h1,7-10,12,15-16,18H,6,11,13-14,17H2,2-4H3,(H,32,33,34)/q+1/b8-7+. The van der Waals surface area contributed by atoms with E-state index in [4.69, 9.17) is 18.0 Å². The summed E-state index contributed by atoms with van der Waals surface area (Å²) in [4.78, 5) is 41.0. The number of allylic oxidation sites excluding steroid dienone is 1. The number of fused-ring (bicyclic) bond motifs is 1. The summed E-state index contributed by atoms with van der Waals surface area (Å²) < 4.78 is 0.454. The second-order valence-electron chi connectivity index (χ2n) is 10.1. The number of likely N-dealkylation sites (N-methyl/N-ethyl adjacent to an activating group) is 1. The van der Waals surface area contributed by atoms with Crippen LogP contribution in [0.5, 0.6) is 0 Å². The Hall–Kier alpha value is -4.46. The molecule has 3 heterocycles. The van der Waals surface area contributed by atoms with Crippen molar-refractivity contribution in [3.05, 3.63) is 86.7 Å². The third-order valence-electron chi connectivity index (χ3n) is 6.42. The highest BCUT2D eigenvalue weighted by Crippen LogP contribution is 2.27. The van der Waals surface area contributed by atoms with Crippen molar-refractivity contribution < 1.29 is 14.2 Å². The van der Waals surface area contributed by atoms with Crippen LogP contribution >= 0.6 is 11.6 Å². The quantitative estimate of drug-likeness (QED) is 0.117. The highest BCUT2D eigenvalue weighted by atomic mass is 35.5. The maximum absolute atomic E-state index is 12.8. The number of hydrogen-bond donors (Lipinski definition) is 1. The van der Waals surface area contributed by atoms with Gasteiger partial charge in [-0.05, 0) is 46.3 Å². The van der Waals surface area contributed by atoms with Gasteiger partial charge in [0.25, 0.3) is 0 Å².